The van der Waals surface area contributed by atoms with E-state index >= 15 is 0 Å². The van der Waals surface area contributed by atoms with Gasteiger partial charge in [0.15, 0.2) is 0 Å². The molecule has 26 heavy (non-hydrogen) atoms. The molecule has 0 radical (unpaired) electrons. The highest BCUT2D eigenvalue weighted by Gasteiger charge is 2.30. The monoisotopic (exact) mass is 367 g/mol. The summed E-state index contributed by atoms with van der Waals surface area (Å²) in [5.41, 5.74) is 1.57. The Morgan fingerprint density at radius 1 is 1.27 bits per heavy atom. The van der Waals surface area contributed by atoms with Crippen molar-refractivity contribution in [1.82, 2.24) is 14.9 Å². The van der Waals surface area contributed by atoms with Gasteiger partial charge in [0.05, 0.1) is 24.2 Å². The molecular weight excluding hydrogens is 346 g/mol. The van der Waals surface area contributed by atoms with Crippen LogP contribution in [-0.4, -0.2) is 26.8 Å². The zero-order valence-corrected chi connectivity index (χ0v) is 15.5. The molecule has 0 unspecified atom stereocenters. The Hall–Kier alpha value is -2.47. The van der Waals surface area contributed by atoms with Gasteiger partial charge in [0.25, 0.3) is 5.91 Å². The second-order valence-electron chi connectivity index (χ2n) is 6.60. The normalized spacial score (nSPS) is 14.7. The van der Waals surface area contributed by atoms with Crippen molar-refractivity contribution in [2.45, 2.75) is 45.2 Å². The number of thiazole rings is 1. The van der Waals surface area contributed by atoms with Gasteiger partial charge in [-0.15, -0.1) is 11.3 Å². The fourth-order valence-corrected chi connectivity index (χ4v) is 4.48. The quantitative estimate of drug-likeness (QED) is 0.656. The summed E-state index contributed by atoms with van der Waals surface area (Å²) in [5.74, 6) is 0.864. The van der Waals surface area contributed by atoms with E-state index in [1.54, 1.807) is 12.5 Å². The summed E-state index contributed by atoms with van der Waals surface area (Å²) in [6, 6.07) is 9.79. The van der Waals surface area contributed by atoms with Gasteiger partial charge >= 0.3 is 0 Å². The number of amides is 1. The second kappa shape index (κ2) is 7.41. The molecule has 5 nitrogen and oxygen atoms in total. The third-order valence-corrected chi connectivity index (χ3v) is 5.98. The number of furan rings is 1. The topological polar surface area (TPSA) is 59.2 Å². The van der Waals surface area contributed by atoms with Crippen molar-refractivity contribution in [3.05, 3.63) is 59.1 Å². The largest absolute Gasteiger partial charge is 0.467 e. The van der Waals surface area contributed by atoms with Gasteiger partial charge in [-0.2, -0.15) is 0 Å². The van der Waals surface area contributed by atoms with E-state index in [4.69, 9.17) is 4.42 Å². The van der Waals surface area contributed by atoms with Crippen molar-refractivity contribution in [1.29, 1.82) is 0 Å². The summed E-state index contributed by atoms with van der Waals surface area (Å²) in [7, 11) is 0. The number of hydrogen-bond acceptors (Lipinski definition) is 5. The Morgan fingerprint density at radius 3 is 2.81 bits per heavy atom. The Labute approximate surface area is 156 Å². The maximum atomic E-state index is 13.4. The van der Waals surface area contributed by atoms with Crippen LogP contribution < -0.4 is 0 Å². The molecule has 0 spiro atoms. The Balaban J connectivity index is 1.64. The SMILES string of the molecule is Cc1nc(-c2ccccn2)sc1C(=O)N(Cc1ccco1)C1CCCC1. The number of aryl methyl sites for hydroxylation is 1. The Morgan fingerprint density at radius 2 is 2.12 bits per heavy atom. The number of rotatable bonds is 5. The van der Waals surface area contributed by atoms with Gasteiger partial charge in [0.2, 0.25) is 0 Å². The molecule has 0 N–H and O–H groups in total. The number of carbonyl (C=O) groups is 1. The zero-order chi connectivity index (χ0) is 17.9. The molecule has 3 aromatic heterocycles. The predicted molar refractivity (Wildman–Crippen MR) is 101 cm³/mol. The maximum Gasteiger partial charge on any atom is 0.266 e. The minimum absolute atomic E-state index is 0.0467. The molecule has 3 aromatic rings. The summed E-state index contributed by atoms with van der Waals surface area (Å²) < 4.78 is 5.50. The smallest absolute Gasteiger partial charge is 0.266 e. The van der Waals surface area contributed by atoms with Crippen LogP contribution in [0.2, 0.25) is 0 Å². The van der Waals surface area contributed by atoms with Crippen molar-refractivity contribution < 1.29 is 9.21 Å². The van der Waals surface area contributed by atoms with Crippen LogP contribution in [0, 0.1) is 6.92 Å². The minimum atomic E-state index is 0.0467. The van der Waals surface area contributed by atoms with E-state index in [0.717, 1.165) is 35.0 Å². The summed E-state index contributed by atoms with van der Waals surface area (Å²) in [6.07, 6.45) is 7.86. The van der Waals surface area contributed by atoms with Crippen LogP contribution in [-0.2, 0) is 6.54 Å². The highest BCUT2D eigenvalue weighted by atomic mass is 32.1. The minimum Gasteiger partial charge on any atom is -0.467 e. The molecule has 0 bridgehead atoms. The predicted octanol–water partition coefficient (Wildman–Crippen LogP) is 4.69. The summed E-state index contributed by atoms with van der Waals surface area (Å²) in [4.78, 5) is 25.0. The van der Waals surface area contributed by atoms with E-state index in [9.17, 15) is 4.79 Å². The van der Waals surface area contributed by atoms with Gasteiger partial charge in [-0.3, -0.25) is 9.78 Å². The van der Waals surface area contributed by atoms with Crippen LogP contribution >= 0.6 is 11.3 Å². The summed E-state index contributed by atoms with van der Waals surface area (Å²) >= 11 is 1.43. The molecule has 3 heterocycles. The first-order chi connectivity index (χ1) is 12.7. The molecule has 1 aliphatic rings. The van der Waals surface area contributed by atoms with E-state index in [0.29, 0.717) is 11.4 Å². The molecule has 134 valence electrons. The molecule has 1 saturated carbocycles. The van der Waals surface area contributed by atoms with Crippen molar-refractivity contribution >= 4 is 17.2 Å². The first kappa shape index (κ1) is 17.0. The van der Waals surface area contributed by atoms with E-state index < -0.39 is 0 Å². The van der Waals surface area contributed by atoms with Gasteiger partial charge in [-0.1, -0.05) is 18.9 Å². The Bertz CT molecular complexity index is 868. The number of carbonyl (C=O) groups excluding carboxylic acids is 1. The lowest BCUT2D eigenvalue weighted by atomic mass is 10.2. The van der Waals surface area contributed by atoms with Gasteiger partial charge < -0.3 is 9.32 Å². The lowest BCUT2D eigenvalue weighted by molar-refractivity contribution is 0.0653. The molecular formula is C20H21N3O2S. The second-order valence-corrected chi connectivity index (χ2v) is 7.60. The van der Waals surface area contributed by atoms with Crippen molar-refractivity contribution in [2.75, 3.05) is 0 Å². The summed E-state index contributed by atoms with van der Waals surface area (Å²) in [6.45, 7) is 2.41. The number of hydrogen-bond donors (Lipinski definition) is 0. The van der Waals surface area contributed by atoms with Crippen LogP contribution in [0.25, 0.3) is 10.7 Å². The lowest BCUT2D eigenvalue weighted by Gasteiger charge is -2.28. The molecule has 0 saturated heterocycles. The molecule has 1 fully saturated rings. The molecule has 1 aliphatic carbocycles. The van der Waals surface area contributed by atoms with Crippen LogP contribution in [0.4, 0.5) is 0 Å². The fourth-order valence-electron chi connectivity index (χ4n) is 3.48. The van der Waals surface area contributed by atoms with E-state index in [-0.39, 0.29) is 11.9 Å². The van der Waals surface area contributed by atoms with Crippen LogP contribution in [0.3, 0.4) is 0 Å². The van der Waals surface area contributed by atoms with Gasteiger partial charge in [0, 0.05) is 12.2 Å². The first-order valence-corrected chi connectivity index (χ1v) is 9.76. The summed E-state index contributed by atoms with van der Waals surface area (Å²) in [5, 5.41) is 0.788. The molecule has 4 rings (SSSR count). The zero-order valence-electron chi connectivity index (χ0n) is 14.7. The number of pyridine rings is 1. The van der Waals surface area contributed by atoms with Crippen molar-refractivity contribution in [3.8, 4) is 10.7 Å². The molecule has 0 aliphatic heterocycles. The van der Waals surface area contributed by atoms with Crippen LogP contribution in [0.15, 0.2) is 47.2 Å². The Kier molecular flexibility index (Phi) is 4.84. The lowest BCUT2D eigenvalue weighted by Crippen LogP contribution is -2.38. The highest BCUT2D eigenvalue weighted by Crippen LogP contribution is 2.31. The highest BCUT2D eigenvalue weighted by molar-refractivity contribution is 7.17. The van der Waals surface area contributed by atoms with E-state index in [1.807, 2.05) is 42.2 Å². The fraction of sp³-hybridized carbons (Fsp3) is 0.350. The molecule has 1 amide bonds. The number of aromatic nitrogens is 2. The van der Waals surface area contributed by atoms with Gasteiger partial charge in [0.1, 0.15) is 15.6 Å². The standard InChI is InChI=1S/C20H21N3O2S/c1-14-18(26-19(22-14)17-10-4-5-11-21-17)20(24)23(15-7-2-3-8-15)13-16-9-6-12-25-16/h4-6,9-12,15H,2-3,7-8,13H2,1H3. The number of nitrogens with zero attached hydrogens (tertiary/aromatic N) is 3. The third kappa shape index (κ3) is 3.42. The first-order valence-electron chi connectivity index (χ1n) is 8.94. The van der Waals surface area contributed by atoms with Crippen LogP contribution in [0.1, 0.15) is 46.8 Å². The van der Waals surface area contributed by atoms with Crippen LogP contribution in [0.5, 0.6) is 0 Å². The van der Waals surface area contributed by atoms with E-state index in [2.05, 4.69) is 9.97 Å². The average molecular weight is 367 g/mol. The average Bonchev–Trinajstić information content (AvgIpc) is 3.42. The van der Waals surface area contributed by atoms with Crippen molar-refractivity contribution in [3.63, 3.8) is 0 Å². The maximum absolute atomic E-state index is 13.4. The van der Waals surface area contributed by atoms with Gasteiger partial charge in [-0.25, -0.2) is 4.98 Å². The molecule has 0 atom stereocenters. The van der Waals surface area contributed by atoms with Gasteiger partial charge in [-0.05, 0) is 44.0 Å². The third-order valence-electron chi connectivity index (χ3n) is 4.81. The van der Waals surface area contributed by atoms with Crippen molar-refractivity contribution in [2.24, 2.45) is 0 Å². The van der Waals surface area contributed by atoms with E-state index in [1.165, 1.54) is 24.2 Å². The molecule has 6 heteroatoms. The molecule has 0 aromatic carbocycles.